The summed E-state index contributed by atoms with van der Waals surface area (Å²) >= 11 is 0. The first-order valence-electron chi connectivity index (χ1n) is 12.9. The predicted octanol–water partition coefficient (Wildman–Crippen LogP) is 7.15. The zero-order valence-corrected chi connectivity index (χ0v) is 21.9. The smallest absolute Gasteiger partial charge is 0.335 e. The van der Waals surface area contributed by atoms with Crippen LogP contribution in [0.15, 0.2) is 72.8 Å². The third-order valence-corrected chi connectivity index (χ3v) is 6.67. The summed E-state index contributed by atoms with van der Waals surface area (Å²) in [7, 11) is 0. The van der Waals surface area contributed by atoms with E-state index in [0.717, 1.165) is 54.1 Å². The van der Waals surface area contributed by atoms with Crippen LogP contribution in [-0.4, -0.2) is 29.9 Å². The highest BCUT2D eigenvalue weighted by molar-refractivity contribution is 6.08. The fourth-order valence-electron chi connectivity index (χ4n) is 4.57. The number of hydrogen-bond acceptors (Lipinski definition) is 4. The third kappa shape index (κ3) is 6.67. The van der Waals surface area contributed by atoms with E-state index in [-0.39, 0.29) is 16.8 Å². The molecule has 1 N–H and O–H groups in total. The molecular weight excluding hydrogens is 462 g/mol. The van der Waals surface area contributed by atoms with Crippen molar-refractivity contribution in [2.45, 2.75) is 52.1 Å². The van der Waals surface area contributed by atoms with Crippen LogP contribution in [0.25, 0.3) is 6.08 Å². The van der Waals surface area contributed by atoms with Crippen molar-refractivity contribution in [3.8, 4) is 5.75 Å². The van der Waals surface area contributed by atoms with Crippen LogP contribution in [0.2, 0.25) is 0 Å². The Morgan fingerprint density at radius 1 is 0.919 bits per heavy atom. The van der Waals surface area contributed by atoms with E-state index in [1.54, 1.807) is 24.3 Å². The van der Waals surface area contributed by atoms with Crippen LogP contribution in [0.1, 0.15) is 77.4 Å². The lowest BCUT2D eigenvalue weighted by Gasteiger charge is -2.33. The molecule has 0 aliphatic carbocycles. The average molecular weight is 498 g/mol. The molecule has 0 amide bonds. The maximum absolute atomic E-state index is 13.4. The summed E-state index contributed by atoms with van der Waals surface area (Å²) < 4.78 is 6.51. The van der Waals surface area contributed by atoms with Crippen LogP contribution in [0.4, 0.5) is 5.69 Å². The van der Waals surface area contributed by atoms with Crippen molar-refractivity contribution in [3.63, 3.8) is 0 Å². The number of carboxylic acid groups (broad SMARTS) is 1. The van der Waals surface area contributed by atoms with Gasteiger partial charge in [-0.3, -0.25) is 4.79 Å². The maximum Gasteiger partial charge on any atom is 0.335 e. The molecule has 37 heavy (non-hydrogen) atoms. The number of rotatable bonds is 8. The van der Waals surface area contributed by atoms with Gasteiger partial charge in [0.15, 0.2) is 5.78 Å². The maximum atomic E-state index is 13.4. The molecular formula is C32H35NO4. The van der Waals surface area contributed by atoms with E-state index >= 15 is 0 Å². The molecule has 3 aromatic carbocycles. The second-order valence-electron chi connectivity index (χ2n) is 10.6. The van der Waals surface area contributed by atoms with Crippen molar-refractivity contribution in [1.82, 2.24) is 0 Å². The molecule has 1 fully saturated rings. The highest BCUT2D eigenvalue weighted by Crippen LogP contribution is 2.41. The van der Waals surface area contributed by atoms with Crippen molar-refractivity contribution < 1.29 is 19.4 Å². The Morgan fingerprint density at radius 3 is 2.22 bits per heavy atom. The molecule has 0 radical (unpaired) electrons. The van der Waals surface area contributed by atoms with Crippen LogP contribution in [0.5, 0.6) is 5.75 Å². The van der Waals surface area contributed by atoms with Gasteiger partial charge in [0.05, 0.1) is 11.3 Å². The number of hydrogen-bond donors (Lipinski definition) is 1. The van der Waals surface area contributed by atoms with E-state index in [1.165, 1.54) is 18.6 Å². The Balaban J connectivity index is 1.70. The largest absolute Gasteiger partial charge is 0.486 e. The number of anilines is 1. The lowest BCUT2D eigenvalue weighted by atomic mass is 9.84. The Bertz CT molecular complexity index is 1260. The zero-order valence-electron chi connectivity index (χ0n) is 21.9. The summed E-state index contributed by atoms with van der Waals surface area (Å²) in [4.78, 5) is 26.8. The van der Waals surface area contributed by atoms with Crippen LogP contribution >= 0.6 is 0 Å². The molecule has 0 bridgehead atoms. The number of carbonyl (C=O) groups is 2. The molecule has 0 spiro atoms. The number of ether oxygens (including phenoxy) is 1. The molecule has 1 heterocycles. The number of carbonyl (C=O) groups excluding carboxylic acids is 1. The van der Waals surface area contributed by atoms with Gasteiger partial charge in [0.2, 0.25) is 0 Å². The molecule has 1 saturated heterocycles. The summed E-state index contributed by atoms with van der Waals surface area (Å²) in [5.74, 6) is -0.218. The summed E-state index contributed by atoms with van der Waals surface area (Å²) in [6.07, 6.45) is 6.73. The molecule has 4 rings (SSSR count). The molecule has 1 aliphatic heterocycles. The summed E-state index contributed by atoms with van der Waals surface area (Å²) in [6, 6.07) is 20.6. The monoisotopic (exact) mass is 497 g/mol. The molecule has 5 heteroatoms. The van der Waals surface area contributed by atoms with Crippen molar-refractivity contribution in [2.75, 3.05) is 18.0 Å². The van der Waals surface area contributed by atoms with E-state index < -0.39 is 5.97 Å². The Kier molecular flexibility index (Phi) is 8.12. The number of piperidine rings is 1. The molecule has 192 valence electrons. The van der Waals surface area contributed by atoms with Crippen LogP contribution in [-0.2, 0) is 12.0 Å². The molecule has 3 aromatic rings. The van der Waals surface area contributed by atoms with Gasteiger partial charge in [-0.05, 0) is 66.1 Å². The molecule has 0 saturated carbocycles. The fourth-order valence-corrected chi connectivity index (χ4v) is 4.57. The third-order valence-electron chi connectivity index (χ3n) is 6.67. The summed E-state index contributed by atoms with van der Waals surface area (Å²) in [5, 5.41) is 9.11. The number of carboxylic acids is 1. The number of benzene rings is 3. The second kappa shape index (κ2) is 11.5. The fraction of sp³-hybridized carbons (Fsp3) is 0.312. The minimum atomic E-state index is -0.971. The average Bonchev–Trinajstić information content (AvgIpc) is 2.91. The molecule has 0 unspecified atom stereocenters. The predicted molar refractivity (Wildman–Crippen MR) is 149 cm³/mol. The van der Waals surface area contributed by atoms with E-state index in [2.05, 4.69) is 37.8 Å². The van der Waals surface area contributed by atoms with Gasteiger partial charge in [-0.15, -0.1) is 0 Å². The highest BCUT2D eigenvalue weighted by atomic mass is 16.5. The topological polar surface area (TPSA) is 66.8 Å². The van der Waals surface area contributed by atoms with Crippen molar-refractivity contribution >= 4 is 23.5 Å². The minimum absolute atomic E-state index is 0.0966. The van der Waals surface area contributed by atoms with E-state index in [1.807, 2.05) is 30.3 Å². The lowest BCUT2D eigenvalue weighted by Crippen LogP contribution is -2.31. The van der Waals surface area contributed by atoms with Gasteiger partial charge in [0.25, 0.3) is 0 Å². The quantitative estimate of drug-likeness (QED) is 0.264. The molecule has 1 aliphatic rings. The van der Waals surface area contributed by atoms with Gasteiger partial charge in [0, 0.05) is 24.2 Å². The number of aromatic carboxylic acids is 1. The standard InChI is InChI=1S/C32H35NO4/c1-32(2,3)27-20-26(29(34)17-14-23-12-15-25(16-13-23)31(35)36)21-28(33-18-8-5-9-19-33)30(27)37-22-24-10-6-4-7-11-24/h4,6-7,10-17,20-21H,5,8-9,18-19,22H2,1-3H3,(H,35,36)/b17-14+. The van der Waals surface area contributed by atoms with Gasteiger partial charge < -0.3 is 14.7 Å². The van der Waals surface area contributed by atoms with Crippen molar-refractivity contribution in [3.05, 3.63) is 101 Å². The molecule has 0 aromatic heterocycles. The molecule has 5 nitrogen and oxygen atoms in total. The van der Waals surface area contributed by atoms with Gasteiger partial charge in [-0.25, -0.2) is 4.79 Å². The summed E-state index contributed by atoms with van der Waals surface area (Å²) in [5.41, 5.74) is 4.46. The first kappa shape index (κ1) is 26.2. The van der Waals surface area contributed by atoms with Crippen LogP contribution < -0.4 is 9.64 Å². The second-order valence-corrected chi connectivity index (χ2v) is 10.6. The Morgan fingerprint density at radius 2 is 1.59 bits per heavy atom. The van der Waals surface area contributed by atoms with Gasteiger partial charge in [0.1, 0.15) is 12.4 Å². The number of nitrogens with zero attached hydrogens (tertiary/aromatic N) is 1. The summed E-state index contributed by atoms with van der Waals surface area (Å²) in [6.45, 7) is 8.77. The first-order chi connectivity index (χ1) is 17.7. The first-order valence-corrected chi connectivity index (χ1v) is 12.9. The van der Waals surface area contributed by atoms with Gasteiger partial charge in [-0.1, -0.05) is 69.3 Å². The lowest BCUT2D eigenvalue weighted by molar-refractivity contribution is 0.0696. The Hall–Kier alpha value is -3.86. The highest BCUT2D eigenvalue weighted by Gasteiger charge is 2.27. The van der Waals surface area contributed by atoms with E-state index in [0.29, 0.717) is 12.2 Å². The zero-order chi connectivity index (χ0) is 26.4. The van der Waals surface area contributed by atoms with E-state index in [9.17, 15) is 9.59 Å². The minimum Gasteiger partial charge on any atom is -0.486 e. The van der Waals surface area contributed by atoms with Crippen LogP contribution in [0.3, 0.4) is 0 Å². The normalized spacial score (nSPS) is 14.1. The van der Waals surface area contributed by atoms with Crippen molar-refractivity contribution in [1.29, 1.82) is 0 Å². The Labute approximate surface area is 219 Å². The van der Waals surface area contributed by atoms with Gasteiger partial charge >= 0.3 is 5.97 Å². The van der Waals surface area contributed by atoms with Gasteiger partial charge in [-0.2, -0.15) is 0 Å². The van der Waals surface area contributed by atoms with Crippen molar-refractivity contribution in [2.24, 2.45) is 0 Å². The number of ketones is 1. The van der Waals surface area contributed by atoms with E-state index in [4.69, 9.17) is 9.84 Å². The SMILES string of the molecule is CC(C)(C)c1cc(C(=O)/C=C/c2ccc(C(=O)O)cc2)cc(N2CCCCC2)c1OCc1ccccc1. The molecule has 0 atom stereocenters. The number of allylic oxidation sites excluding steroid dienone is 1. The van der Waals surface area contributed by atoms with Crippen LogP contribution in [0, 0.1) is 0 Å².